The molecule has 0 aliphatic rings. The predicted molar refractivity (Wildman–Crippen MR) is 79.8 cm³/mol. The summed E-state index contributed by atoms with van der Waals surface area (Å²) >= 11 is 1.44. The van der Waals surface area contributed by atoms with Crippen molar-refractivity contribution in [3.8, 4) is 0 Å². The van der Waals surface area contributed by atoms with E-state index in [4.69, 9.17) is 0 Å². The third-order valence-corrected chi connectivity index (χ3v) is 3.42. The average Bonchev–Trinajstić information content (AvgIpc) is 2.43. The Morgan fingerprint density at radius 2 is 2.11 bits per heavy atom. The van der Waals surface area contributed by atoms with Crippen molar-refractivity contribution < 1.29 is 0 Å². The molecule has 0 radical (unpaired) electrons. The number of aromatic nitrogens is 2. The molecule has 1 aromatic carbocycles. The molecule has 0 aliphatic carbocycles. The summed E-state index contributed by atoms with van der Waals surface area (Å²) in [6.45, 7) is 3.70. The van der Waals surface area contributed by atoms with Gasteiger partial charge < -0.3 is 4.98 Å². The minimum absolute atomic E-state index is 0.0646. The molecule has 0 saturated carbocycles. The zero-order valence-corrected chi connectivity index (χ0v) is 11.7. The van der Waals surface area contributed by atoms with Gasteiger partial charge in [-0.15, -0.1) is 6.58 Å². The monoisotopic (exact) mass is 272 g/mol. The molecule has 0 fully saturated rings. The van der Waals surface area contributed by atoms with Crippen molar-refractivity contribution in [3.05, 3.63) is 70.2 Å². The van der Waals surface area contributed by atoms with Crippen LogP contribution in [-0.2, 0) is 12.8 Å². The van der Waals surface area contributed by atoms with Gasteiger partial charge in [-0.1, -0.05) is 48.2 Å². The number of H-pyrrole nitrogens is 1. The quantitative estimate of drug-likeness (QED) is 0.517. The standard InChI is InChI=1S/C15H16N2OS/c1-3-7-12-13(10-11-8-5-4-6-9-11)16-15(19-2)17-14(12)18/h3-6,8-9H,1,7,10H2,2H3,(H,16,17,18). The van der Waals surface area contributed by atoms with Crippen LogP contribution in [0.2, 0.25) is 0 Å². The number of nitrogens with one attached hydrogen (secondary N) is 1. The lowest BCUT2D eigenvalue weighted by Gasteiger charge is -2.08. The van der Waals surface area contributed by atoms with E-state index in [1.165, 1.54) is 11.8 Å². The van der Waals surface area contributed by atoms with Gasteiger partial charge >= 0.3 is 0 Å². The molecule has 98 valence electrons. The van der Waals surface area contributed by atoms with Crippen LogP contribution in [0.4, 0.5) is 0 Å². The van der Waals surface area contributed by atoms with Crippen molar-refractivity contribution in [1.29, 1.82) is 0 Å². The second kappa shape index (κ2) is 6.38. The predicted octanol–water partition coefficient (Wildman–Crippen LogP) is 2.81. The lowest BCUT2D eigenvalue weighted by molar-refractivity contribution is 0.848. The van der Waals surface area contributed by atoms with E-state index < -0.39 is 0 Å². The van der Waals surface area contributed by atoms with E-state index in [1.807, 2.05) is 36.6 Å². The van der Waals surface area contributed by atoms with Crippen molar-refractivity contribution in [2.75, 3.05) is 6.26 Å². The van der Waals surface area contributed by atoms with Gasteiger partial charge in [0.25, 0.3) is 5.56 Å². The Labute approximate surface area is 116 Å². The van der Waals surface area contributed by atoms with Crippen LogP contribution in [-0.4, -0.2) is 16.2 Å². The number of aromatic amines is 1. The van der Waals surface area contributed by atoms with Gasteiger partial charge in [-0.05, 0) is 18.2 Å². The van der Waals surface area contributed by atoms with Gasteiger partial charge in [0.05, 0.1) is 5.69 Å². The van der Waals surface area contributed by atoms with Gasteiger partial charge in [-0.3, -0.25) is 4.79 Å². The first kappa shape index (κ1) is 13.6. The summed E-state index contributed by atoms with van der Waals surface area (Å²) in [5, 5.41) is 0.656. The molecule has 0 spiro atoms. The molecule has 0 aliphatic heterocycles. The SMILES string of the molecule is C=CCc1c(Cc2ccccc2)nc(SC)[nH]c1=O. The zero-order chi connectivity index (χ0) is 13.7. The minimum Gasteiger partial charge on any atom is -0.301 e. The Morgan fingerprint density at radius 1 is 1.37 bits per heavy atom. The van der Waals surface area contributed by atoms with Gasteiger partial charge in [0.1, 0.15) is 0 Å². The van der Waals surface area contributed by atoms with Crippen LogP contribution in [0.25, 0.3) is 0 Å². The summed E-state index contributed by atoms with van der Waals surface area (Å²) in [5.41, 5.74) is 2.62. The van der Waals surface area contributed by atoms with E-state index in [9.17, 15) is 4.79 Å². The van der Waals surface area contributed by atoms with Gasteiger partial charge in [0, 0.05) is 12.0 Å². The van der Waals surface area contributed by atoms with Crippen molar-refractivity contribution in [1.82, 2.24) is 9.97 Å². The van der Waals surface area contributed by atoms with Gasteiger partial charge in [0.15, 0.2) is 5.16 Å². The summed E-state index contributed by atoms with van der Waals surface area (Å²) in [6.07, 6.45) is 4.85. The first-order valence-corrected chi connectivity index (χ1v) is 7.28. The van der Waals surface area contributed by atoms with Gasteiger partial charge in [-0.25, -0.2) is 4.98 Å². The van der Waals surface area contributed by atoms with Crippen LogP contribution < -0.4 is 5.56 Å². The number of hydrogen-bond acceptors (Lipinski definition) is 3. The Morgan fingerprint density at radius 3 is 2.74 bits per heavy atom. The molecule has 4 heteroatoms. The molecule has 1 heterocycles. The van der Waals surface area contributed by atoms with Crippen molar-refractivity contribution >= 4 is 11.8 Å². The second-order valence-corrected chi connectivity index (χ2v) is 4.95. The highest BCUT2D eigenvalue weighted by atomic mass is 32.2. The number of thioether (sulfide) groups is 1. The highest BCUT2D eigenvalue weighted by Crippen LogP contribution is 2.14. The molecule has 0 saturated heterocycles. The van der Waals surface area contributed by atoms with Crippen LogP contribution in [0.5, 0.6) is 0 Å². The zero-order valence-electron chi connectivity index (χ0n) is 10.8. The summed E-state index contributed by atoms with van der Waals surface area (Å²) in [4.78, 5) is 19.4. The number of allylic oxidation sites excluding steroid dienone is 1. The summed E-state index contributed by atoms with van der Waals surface area (Å²) in [5.74, 6) is 0. The Balaban J connectivity index is 2.44. The molecule has 1 N–H and O–H groups in total. The number of rotatable bonds is 5. The van der Waals surface area contributed by atoms with E-state index >= 15 is 0 Å². The lowest BCUT2D eigenvalue weighted by Crippen LogP contribution is -2.18. The number of benzene rings is 1. The molecular weight excluding hydrogens is 256 g/mol. The molecule has 0 atom stereocenters. The third kappa shape index (κ3) is 3.35. The highest BCUT2D eigenvalue weighted by Gasteiger charge is 2.10. The van der Waals surface area contributed by atoms with E-state index in [0.717, 1.165) is 11.3 Å². The summed E-state index contributed by atoms with van der Waals surface area (Å²) in [6, 6.07) is 10.0. The van der Waals surface area contributed by atoms with Crippen molar-refractivity contribution in [3.63, 3.8) is 0 Å². The lowest BCUT2D eigenvalue weighted by atomic mass is 10.0. The van der Waals surface area contributed by atoms with Crippen molar-refractivity contribution in [2.24, 2.45) is 0 Å². The van der Waals surface area contributed by atoms with E-state index in [2.05, 4.69) is 16.5 Å². The van der Waals surface area contributed by atoms with Crippen molar-refractivity contribution in [2.45, 2.75) is 18.0 Å². The molecule has 3 nitrogen and oxygen atoms in total. The normalized spacial score (nSPS) is 10.4. The van der Waals surface area contributed by atoms with Crippen LogP contribution in [0.15, 0.2) is 52.9 Å². The summed E-state index contributed by atoms with van der Waals surface area (Å²) in [7, 11) is 0. The fourth-order valence-corrected chi connectivity index (χ4v) is 2.30. The Bertz CT molecular complexity index is 620. The third-order valence-electron chi connectivity index (χ3n) is 2.84. The molecular formula is C15H16N2OS. The van der Waals surface area contributed by atoms with E-state index in [0.29, 0.717) is 23.6 Å². The number of nitrogens with zero attached hydrogens (tertiary/aromatic N) is 1. The average molecular weight is 272 g/mol. The minimum atomic E-state index is -0.0646. The fourth-order valence-electron chi connectivity index (χ4n) is 1.91. The van der Waals surface area contributed by atoms with E-state index in [-0.39, 0.29) is 5.56 Å². The highest BCUT2D eigenvalue weighted by molar-refractivity contribution is 7.98. The maximum atomic E-state index is 12.0. The van der Waals surface area contributed by atoms with E-state index in [1.54, 1.807) is 6.08 Å². The topological polar surface area (TPSA) is 45.8 Å². The molecule has 0 amide bonds. The smallest absolute Gasteiger partial charge is 0.255 e. The number of hydrogen-bond donors (Lipinski definition) is 1. The first-order valence-electron chi connectivity index (χ1n) is 6.05. The molecule has 0 unspecified atom stereocenters. The maximum absolute atomic E-state index is 12.0. The molecule has 2 aromatic rings. The molecule has 0 bridgehead atoms. The maximum Gasteiger partial charge on any atom is 0.255 e. The fraction of sp³-hybridized carbons (Fsp3) is 0.200. The molecule has 2 rings (SSSR count). The largest absolute Gasteiger partial charge is 0.301 e. The van der Waals surface area contributed by atoms with Crippen LogP contribution in [0.1, 0.15) is 16.8 Å². The van der Waals surface area contributed by atoms with Crippen LogP contribution >= 0.6 is 11.8 Å². The summed E-state index contributed by atoms with van der Waals surface area (Å²) < 4.78 is 0. The second-order valence-electron chi connectivity index (χ2n) is 4.16. The molecule has 1 aromatic heterocycles. The molecule has 19 heavy (non-hydrogen) atoms. The Kier molecular flexibility index (Phi) is 4.58. The first-order chi connectivity index (χ1) is 9.24. The Hall–Kier alpha value is -1.81. The van der Waals surface area contributed by atoms with Crippen LogP contribution in [0, 0.1) is 0 Å². The van der Waals surface area contributed by atoms with Crippen LogP contribution in [0.3, 0.4) is 0 Å². The van der Waals surface area contributed by atoms with Gasteiger partial charge in [-0.2, -0.15) is 0 Å². The van der Waals surface area contributed by atoms with Gasteiger partial charge in [0.2, 0.25) is 0 Å².